The minimum atomic E-state index is -2.97. The van der Waals surface area contributed by atoms with E-state index >= 15 is 0 Å². The number of carbonyl (C=O) groups excluding carboxylic acids is 1. The number of carbonyl (C=O) groups is 1. The van der Waals surface area contributed by atoms with E-state index < -0.39 is 9.84 Å². The number of amides is 1. The first kappa shape index (κ1) is 20.7. The topological polar surface area (TPSA) is 90.9 Å². The van der Waals surface area contributed by atoms with Gasteiger partial charge in [-0.1, -0.05) is 0 Å². The molecular weight excluding hydrogens is 372 g/mol. The normalized spacial score (nSPS) is 16.1. The molecule has 0 aromatic carbocycles. The lowest BCUT2D eigenvalue weighted by molar-refractivity contribution is -0.131. The van der Waals surface area contributed by atoms with Crippen LogP contribution in [-0.4, -0.2) is 63.4 Å². The molecular formula is C17H28N4O3S2. The first-order valence-corrected chi connectivity index (χ1v) is 11.7. The second-order valence-corrected chi connectivity index (χ2v) is 9.91. The Morgan fingerprint density at radius 3 is 2.92 bits per heavy atom. The van der Waals surface area contributed by atoms with Gasteiger partial charge in [0.25, 0.3) is 0 Å². The zero-order chi connectivity index (χ0) is 19.2. The summed E-state index contributed by atoms with van der Waals surface area (Å²) in [4.78, 5) is 19.8. The van der Waals surface area contributed by atoms with Crippen LogP contribution in [0.2, 0.25) is 0 Å². The Hall–Kier alpha value is -1.61. The zero-order valence-corrected chi connectivity index (χ0v) is 17.3. The zero-order valence-electron chi connectivity index (χ0n) is 15.6. The van der Waals surface area contributed by atoms with Crippen molar-refractivity contribution in [1.29, 1.82) is 0 Å². The first-order chi connectivity index (χ1) is 12.3. The van der Waals surface area contributed by atoms with Crippen LogP contribution in [0.5, 0.6) is 0 Å². The Morgan fingerprint density at radius 2 is 2.23 bits per heavy atom. The summed E-state index contributed by atoms with van der Waals surface area (Å²) in [6.45, 7) is 3.88. The first-order valence-electron chi connectivity index (χ1n) is 8.76. The Balaban J connectivity index is 1.71. The quantitative estimate of drug-likeness (QED) is 0.527. The molecule has 2 heterocycles. The van der Waals surface area contributed by atoms with Crippen molar-refractivity contribution in [3.05, 3.63) is 21.9 Å². The van der Waals surface area contributed by atoms with E-state index in [-0.39, 0.29) is 17.7 Å². The molecule has 9 heteroatoms. The van der Waals surface area contributed by atoms with Gasteiger partial charge in [0, 0.05) is 50.3 Å². The summed E-state index contributed by atoms with van der Waals surface area (Å²) >= 11 is 1.76. The van der Waals surface area contributed by atoms with Crippen LogP contribution in [0.15, 0.2) is 16.4 Å². The van der Waals surface area contributed by atoms with Gasteiger partial charge >= 0.3 is 0 Å². The number of guanidine groups is 1. The summed E-state index contributed by atoms with van der Waals surface area (Å²) in [6.07, 6.45) is 3.08. The van der Waals surface area contributed by atoms with Gasteiger partial charge in [0.1, 0.15) is 9.84 Å². The summed E-state index contributed by atoms with van der Waals surface area (Å²) in [5.74, 6) is 0.850. The molecule has 0 bridgehead atoms. The molecule has 1 aromatic heterocycles. The minimum absolute atomic E-state index is 0.0225. The number of thiophene rings is 1. The Labute approximate surface area is 159 Å². The molecule has 1 unspecified atom stereocenters. The molecule has 146 valence electrons. The molecule has 1 aromatic rings. The standard InChI is InChI=1S/C17H28N4O3S2/c1-13(7-11-26(3,23)24)20-17(18-2)19-8-4-16(22)21-9-5-15-14(12-21)6-10-25-15/h6,10,13H,4-5,7-9,11-12H2,1-3H3,(H2,18,19,20). The molecule has 26 heavy (non-hydrogen) atoms. The van der Waals surface area contributed by atoms with E-state index in [0.29, 0.717) is 31.9 Å². The van der Waals surface area contributed by atoms with Crippen molar-refractivity contribution in [2.45, 2.75) is 38.8 Å². The maximum Gasteiger partial charge on any atom is 0.224 e. The Bertz CT molecular complexity index is 743. The molecule has 0 fully saturated rings. The van der Waals surface area contributed by atoms with Crippen LogP contribution in [-0.2, 0) is 27.6 Å². The highest BCUT2D eigenvalue weighted by molar-refractivity contribution is 7.90. The minimum Gasteiger partial charge on any atom is -0.356 e. The van der Waals surface area contributed by atoms with Crippen LogP contribution in [0.1, 0.15) is 30.2 Å². The molecule has 0 saturated carbocycles. The number of hydrogen-bond acceptors (Lipinski definition) is 5. The summed E-state index contributed by atoms with van der Waals surface area (Å²) < 4.78 is 22.5. The van der Waals surface area contributed by atoms with Gasteiger partial charge in [-0.15, -0.1) is 11.3 Å². The van der Waals surface area contributed by atoms with E-state index in [9.17, 15) is 13.2 Å². The van der Waals surface area contributed by atoms with E-state index in [2.05, 4.69) is 27.1 Å². The van der Waals surface area contributed by atoms with Crippen molar-refractivity contribution >= 4 is 33.0 Å². The van der Waals surface area contributed by atoms with Crippen molar-refractivity contribution in [1.82, 2.24) is 15.5 Å². The maximum absolute atomic E-state index is 12.4. The second kappa shape index (κ2) is 9.36. The third kappa shape index (κ3) is 6.60. The van der Waals surface area contributed by atoms with E-state index in [0.717, 1.165) is 13.0 Å². The molecule has 1 atom stereocenters. The Morgan fingerprint density at radius 1 is 1.46 bits per heavy atom. The van der Waals surface area contributed by atoms with Gasteiger partial charge < -0.3 is 15.5 Å². The van der Waals surface area contributed by atoms with Crippen LogP contribution in [0.3, 0.4) is 0 Å². The Kier molecular flexibility index (Phi) is 7.45. The fraction of sp³-hybridized carbons (Fsp3) is 0.647. The predicted octanol–water partition coefficient (Wildman–Crippen LogP) is 1.01. The number of aliphatic imine (C=N–C) groups is 1. The number of sulfone groups is 1. The monoisotopic (exact) mass is 400 g/mol. The second-order valence-electron chi connectivity index (χ2n) is 6.65. The van der Waals surface area contributed by atoms with Crippen LogP contribution >= 0.6 is 11.3 Å². The fourth-order valence-electron chi connectivity index (χ4n) is 2.80. The largest absolute Gasteiger partial charge is 0.356 e. The van der Waals surface area contributed by atoms with E-state index in [1.807, 2.05) is 11.8 Å². The molecule has 0 aliphatic carbocycles. The predicted molar refractivity (Wildman–Crippen MR) is 106 cm³/mol. The summed E-state index contributed by atoms with van der Waals surface area (Å²) in [5.41, 5.74) is 1.26. The molecule has 1 amide bonds. The molecule has 7 nitrogen and oxygen atoms in total. The SMILES string of the molecule is CN=C(NCCC(=O)N1CCc2sccc2C1)NC(C)CCS(C)(=O)=O. The third-order valence-electron chi connectivity index (χ3n) is 4.32. The van der Waals surface area contributed by atoms with Crippen LogP contribution in [0, 0.1) is 0 Å². The molecule has 1 aliphatic rings. The average molecular weight is 401 g/mol. The summed E-state index contributed by atoms with van der Waals surface area (Å²) in [7, 11) is -1.31. The molecule has 2 N–H and O–H groups in total. The van der Waals surface area contributed by atoms with Crippen molar-refractivity contribution in [3.8, 4) is 0 Å². The van der Waals surface area contributed by atoms with Crippen LogP contribution < -0.4 is 10.6 Å². The van der Waals surface area contributed by atoms with Gasteiger partial charge in [-0.3, -0.25) is 9.79 Å². The summed E-state index contributed by atoms with van der Waals surface area (Å²) in [6, 6.07) is 2.08. The van der Waals surface area contributed by atoms with Crippen LogP contribution in [0.4, 0.5) is 0 Å². The molecule has 0 radical (unpaired) electrons. The average Bonchev–Trinajstić information content (AvgIpc) is 3.06. The van der Waals surface area contributed by atoms with Gasteiger partial charge in [-0.2, -0.15) is 0 Å². The van der Waals surface area contributed by atoms with Gasteiger partial charge in [0.05, 0.1) is 5.75 Å². The van der Waals surface area contributed by atoms with Crippen molar-refractivity contribution < 1.29 is 13.2 Å². The highest BCUT2D eigenvalue weighted by Crippen LogP contribution is 2.24. The van der Waals surface area contributed by atoms with E-state index in [1.165, 1.54) is 16.7 Å². The van der Waals surface area contributed by atoms with E-state index in [1.54, 1.807) is 18.4 Å². The maximum atomic E-state index is 12.4. The molecule has 2 rings (SSSR count). The van der Waals surface area contributed by atoms with Gasteiger partial charge in [-0.25, -0.2) is 8.42 Å². The third-order valence-corrected chi connectivity index (χ3v) is 6.32. The fourth-order valence-corrected chi connectivity index (χ4v) is 4.47. The highest BCUT2D eigenvalue weighted by atomic mass is 32.2. The highest BCUT2D eigenvalue weighted by Gasteiger charge is 2.21. The smallest absolute Gasteiger partial charge is 0.224 e. The number of nitrogens with zero attached hydrogens (tertiary/aromatic N) is 2. The van der Waals surface area contributed by atoms with Gasteiger partial charge in [0.2, 0.25) is 5.91 Å². The lowest BCUT2D eigenvalue weighted by Gasteiger charge is -2.27. The lowest BCUT2D eigenvalue weighted by atomic mass is 10.1. The number of hydrogen-bond donors (Lipinski definition) is 2. The summed E-state index contributed by atoms with van der Waals surface area (Å²) in [5, 5.41) is 8.36. The van der Waals surface area contributed by atoms with Crippen molar-refractivity contribution in [2.24, 2.45) is 4.99 Å². The van der Waals surface area contributed by atoms with Crippen molar-refractivity contribution in [3.63, 3.8) is 0 Å². The number of fused-ring (bicyclic) bond motifs is 1. The van der Waals surface area contributed by atoms with Gasteiger partial charge in [0.15, 0.2) is 5.96 Å². The van der Waals surface area contributed by atoms with Crippen LogP contribution in [0.25, 0.3) is 0 Å². The molecule has 0 spiro atoms. The lowest BCUT2D eigenvalue weighted by Crippen LogP contribution is -2.44. The molecule has 0 saturated heterocycles. The van der Waals surface area contributed by atoms with Crippen molar-refractivity contribution in [2.75, 3.05) is 32.1 Å². The number of nitrogens with one attached hydrogen (secondary N) is 2. The van der Waals surface area contributed by atoms with Gasteiger partial charge in [-0.05, 0) is 36.8 Å². The van der Waals surface area contributed by atoms with E-state index in [4.69, 9.17) is 0 Å². The number of rotatable bonds is 7. The molecule has 1 aliphatic heterocycles.